The van der Waals surface area contributed by atoms with Gasteiger partial charge in [0.15, 0.2) is 0 Å². The highest BCUT2D eigenvalue weighted by molar-refractivity contribution is 9.10. The van der Waals surface area contributed by atoms with Gasteiger partial charge in [-0.25, -0.2) is 18.5 Å². The van der Waals surface area contributed by atoms with E-state index in [1.807, 2.05) is 0 Å². The lowest BCUT2D eigenvalue weighted by Gasteiger charge is -2.18. The van der Waals surface area contributed by atoms with Crippen molar-refractivity contribution in [3.05, 3.63) is 28.4 Å². The maximum atomic E-state index is 13.3. The van der Waals surface area contributed by atoms with Crippen molar-refractivity contribution in [3.8, 4) is 11.6 Å². The molecule has 1 heterocycles. The molecule has 0 bridgehead atoms. The minimum Gasteiger partial charge on any atom is -0.506 e. The number of aliphatic hydroxyl groups excluding tert-OH is 1. The molecule has 0 fully saturated rings. The van der Waals surface area contributed by atoms with Crippen LogP contribution in [0.4, 0.5) is 24.8 Å². The summed E-state index contributed by atoms with van der Waals surface area (Å²) in [6.07, 6.45) is -5.34. The molecule has 0 amide bonds. The zero-order valence-electron chi connectivity index (χ0n) is 14.9. The number of rotatable bonds is 6. The number of nitrogens with zero attached hydrogens (tertiary/aromatic N) is 2. The molecular formula is C15H16BrF3N4O5S. The van der Waals surface area contributed by atoms with Crippen LogP contribution in [0.5, 0.6) is 11.6 Å². The number of hydrogen-bond donors (Lipinski definition) is 4. The summed E-state index contributed by atoms with van der Waals surface area (Å²) in [5.41, 5.74) is -2.00. The Morgan fingerprint density at radius 1 is 1.31 bits per heavy atom. The van der Waals surface area contributed by atoms with Gasteiger partial charge < -0.3 is 20.3 Å². The van der Waals surface area contributed by atoms with Crippen LogP contribution in [0, 0.1) is 0 Å². The van der Waals surface area contributed by atoms with Gasteiger partial charge in [-0.1, -0.05) is 0 Å². The summed E-state index contributed by atoms with van der Waals surface area (Å²) in [4.78, 5) is 6.39. The van der Waals surface area contributed by atoms with E-state index in [-0.39, 0.29) is 17.5 Å². The Morgan fingerprint density at radius 2 is 1.93 bits per heavy atom. The SMILES string of the molecule is C[C@@H](O)[C@@H](C)Oc1nc(Nc2cc(O)c(S(N)(=O)=O)c(C(F)(F)F)c2)ncc1Br. The maximum Gasteiger partial charge on any atom is 0.417 e. The van der Waals surface area contributed by atoms with Crippen molar-refractivity contribution >= 4 is 37.6 Å². The van der Waals surface area contributed by atoms with Crippen molar-refractivity contribution in [3.63, 3.8) is 0 Å². The number of benzene rings is 1. The number of nitrogens with one attached hydrogen (secondary N) is 1. The van der Waals surface area contributed by atoms with Crippen molar-refractivity contribution in [2.75, 3.05) is 5.32 Å². The Balaban J connectivity index is 2.46. The fraction of sp³-hybridized carbons (Fsp3) is 0.333. The number of primary sulfonamides is 1. The molecule has 0 aliphatic carbocycles. The molecule has 14 heteroatoms. The summed E-state index contributed by atoms with van der Waals surface area (Å²) < 4.78 is 68.5. The molecule has 9 nitrogen and oxygen atoms in total. The van der Waals surface area contributed by atoms with Gasteiger partial charge in [0.2, 0.25) is 21.9 Å². The molecule has 29 heavy (non-hydrogen) atoms. The van der Waals surface area contributed by atoms with E-state index < -0.39 is 44.6 Å². The molecule has 2 rings (SSSR count). The number of ether oxygens (including phenoxy) is 1. The molecular weight excluding hydrogens is 485 g/mol. The van der Waals surface area contributed by atoms with Crippen molar-refractivity contribution < 1.29 is 36.5 Å². The summed E-state index contributed by atoms with van der Waals surface area (Å²) in [6, 6.07) is 1.18. The molecule has 0 saturated heterocycles. The van der Waals surface area contributed by atoms with Crippen LogP contribution in [0.2, 0.25) is 0 Å². The normalized spacial score (nSPS) is 14.3. The monoisotopic (exact) mass is 500 g/mol. The summed E-state index contributed by atoms with van der Waals surface area (Å²) in [5.74, 6) is -1.41. The third-order valence-corrected chi connectivity index (χ3v) is 5.15. The Labute approximate surface area is 171 Å². The summed E-state index contributed by atoms with van der Waals surface area (Å²) in [7, 11) is -4.85. The average molecular weight is 501 g/mol. The van der Waals surface area contributed by atoms with Crippen LogP contribution in [-0.2, 0) is 16.2 Å². The minimum absolute atomic E-state index is 0.00248. The first-order valence-corrected chi connectivity index (χ1v) is 10.2. The molecule has 0 saturated carbocycles. The number of phenols is 1. The van der Waals surface area contributed by atoms with Gasteiger partial charge in [-0.15, -0.1) is 0 Å². The summed E-state index contributed by atoms with van der Waals surface area (Å²) in [5, 5.41) is 26.6. The third kappa shape index (κ3) is 5.68. The second kappa shape index (κ2) is 8.30. The van der Waals surface area contributed by atoms with Crippen LogP contribution in [-0.4, -0.2) is 40.8 Å². The van der Waals surface area contributed by atoms with E-state index in [2.05, 4.69) is 31.2 Å². The maximum absolute atomic E-state index is 13.3. The van der Waals surface area contributed by atoms with Crippen LogP contribution < -0.4 is 15.2 Å². The molecule has 0 radical (unpaired) electrons. The van der Waals surface area contributed by atoms with E-state index in [0.29, 0.717) is 10.5 Å². The predicted octanol–water partition coefficient (Wildman–Crippen LogP) is 2.50. The van der Waals surface area contributed by atoms with E-state index >= 15 is 0 Å². The molecule has 1 aromatic heterocycles. The first kappa shape index (κ1) is 23.1. The van der Waals surface area contributed by atoms with Gasteiger partial charge in [0, 0.05) is 11.8 Å². The van der Waals surface area contributed by atoms with Gasteiger partial charge in [0.25, 0.3) is 0 Å². The van der Waals surface area contributed by atoms with Crippen molar-refractivity contribution in [1.82, 2.24) is 9.97 Å². The van der Waals surface area contributed by atoms with Crippen LogP contribution in [0.25, 0.3) is 0 Å². The van der Waals surface area contributed by atoms with E-state index in [0.717, 1.165) is 6.07 Å². The first-order chi connectivity index (χ1) is 13.2. The predicted molar refractivity (Wildman–Crippen MR) is 99.3 cm³/mol. The second-order valence-corrected chi connectivity index (χ2v) is 8.30. The van der Waals surface area contributed by atoms with Gasteiger partial charge in [0.05, 0.1) is 22.3 Å². The van der Waals surface area contributed by atoms with Crippen LogP contribution in [0.3, 0.4) is 0 Å². The highest BCUT2D eigenvalue weighted by Crippen LogP contribution is 2.40. The topological polar surface area (TPSA) is 148 Å². The molecule has 0 spiro atoms. The first-order valence-electron chi connectivity index (χ1n) is 7.81. The molecule has 0 aliphatic heterocycles. The number of hydrogen-bond acceptors (Lipinski definition) is 8. The average Bonchev–Trinajstić information content (AvgIpc) is 2.55. The van der Waals surface area contributed by atoms with E-state index in [1.165, 1.54) is 13.1 Å². The van der Waals surface area contributed by atoms with Crippen molar-refractivity contribution in [2.45, 2.75) is 37.1 Å². The molecule has 0 aliphatic rings. The van der Waals surface area contributed by atoms with Crippen LogP contribution in [0.1, 0.15) is 19.4 Å². The van der Waals surface area contributed by atoms with E-state index in [4.69, 9.17) is 9.88 Å². The highest BCUT2D eigenvalue weighted by atomic mass is 79.9. The number of alkyl halides is 3. The fourth-order valence-electron chi connectivity index (χ4n) is 2.09. The Morgan fingerprint density at radius 3 is 2.45 bits per heavy atom. The molecule has 1 aromatic carbocycles. The van der Waals surface area contributed by atoms with Crippen molar-refractivity contribution in [1.29, 1.82) is 0 Å². The number of aromatic hydroxyl groups is 1. The zero-order valence-corrected chi connectivity index (χ0v) is 17.3. The Bertz CT molecular complexity index is 1020. The number of phenolic OH excluding ortho intramolecular Hbond substituents is 1. The number of nitrogens with two attached hydrogens (primary N) is 1. The van der Waals surface area contributed by atoms with E-state index in [9.17, 15) is 31.8 Å². The molecule has 160 valence electrons. The van der Waals surface area contributed by atoms with Crippen LogP contribution in [0.15, 0.2) is 27.7 Å². The Hall–Kier alpha value is -2.16. The quantitative estimate of drug-likeness (QED) is 0.472. The van der Waals surface area contributed by atoms with Gasteiger partial charge >= 0.3 is 6.18 Å². The second-order valence-electron chi connectivity index (χ2n) is 5.95. The fourth-order valence-corrected chi connectivity index (χ4v) is 3.21. The molecule has 5 N–H and O–H groups in total. The number of halogens is 4. The van der Waals surface area contributed by atoms with E-state index in [1.54, 1.807) is 6.92 Å². The minimum atomic E-state index is -5.11. The lowest BCUT2D eigenvalue weighted by Crippen LogP contribution is -2.26. The van der Waals surface area contributed by atoms with Gasteiger partial charge in [-0.2, -0.15) is 18.2 Å². The number of aromatic nitrogens is 2. The summed E-state index contributed by atoms with van der Waals surface area (Å²) >= 11 is 3.15. The molecule has 0 unspecified atom stereocenters. The van der Waals surface area contributed by atoms with Crippen LogP contribution >= 0.6 is 15.9 Å². The lowest BCUT2D eigenvalue weighted by molar-refractivity contribution is -0.140. The number of sulfonamides is 1. The highest BCUT2D eigenvalue weighted by Gasteiger charge is 2.39. The molecule has 2 atom stereocenters. The van der Waals surface area contributed by atoms with Gasteiger partial charge in [0.1, 0.15) is 16.7 Å². The standard InChI is InChI=1S/C15H16BrF3N4O5S/c1-6(24)7(2)28-13-10(16)5-21-14(23-13)22-8-3-9(15(17,18)19)12(11(25)4-8)29(20,26)27/h3-7,24-25H,1-2H3,(H2,20,26,27)(H,21,22,23)/t6-,7-/m1/s1. The summed E-state index contributed by atoms with van der Waals surface area (Å²) in [6.45, 7) is 3.07. The Kier molecular flexibility index (Phi) is 6.61. The zero-order chi connectivity index (χ0) is 22.1. The van der Waals surface area contributed by atoms with Gasteiger partial charge in [-0.3, -0.25) is 0 Å². The number of anilines is 2. The van der Waals surface area contributed by atoms with Crippen molar-refractivity contribution in [2.24, 2.45) is 5.14 Å². The lowest BCUT2D eigenvalue weighted by atomic mass is 10.1. The number of aliphatic hydroxyl groups is 1. The van der Waals surface area contributed by atoms with Gasteiger partial charge in [-0.05, 0) is 35.8 Å². The molecule has 2 aromatic rings. The third-order valence-electron chi connectivity index (χ3n) is 3.60. The largest absolute Gasteiger partial charge is 0.506 e. The smallest absolute Gasteiger partial charge is 0.417 e.